The highest BCUT2D eigenvalue weighted by Crippen LogP contribution is 2.20. The van der Waals surface area contributed by atoms with Crippen molar-refractivity contribution in [2.45, 2.75) is 6.92 Å². The van der Waals surface area contributed by atoms with Crippen LogP contribution in [0.1, 0.15) is 6.92 Å². The first-order valence-electron chi connectivity index (χ1n) is 6.32. The van der Waals surface area contributed by atoms with Crippen molar-refractivity contribution in [3.63, 3.8) is 0 Å². The number of hydrogen-bond acceptors (Lipinski definition) is 4. The lowest BCUT2D eigenvalue weighted by Gasteiger charge is -2.14. The van der Waals surface area contributed by atoms with E-state index >= 15 is 0 Å². The van der Waals surface area contributed by atoms with Gasteiger partial charge < -0.3 is 15.4 Å². The SMILES string of the molecule is CC1CNCC1C(=O)Nc1ccc(OCC#N)cc1. The molecule has 5 nitrogen and oxygen atoms in total. The second-order valence-electron chi connectivity index (χ2n) is 4.70. The Hall–Kier alpha value is -2.06. The van der Waals surface area contributed by atoms with Crippen molar-refractivity contribution in [2.24, 2.45) is 11.8 Å². The van der Waals surface area contributed by atoms with Crippen LogP contribution < -0.4 is 15.4 Å². The number of carbonyl (C=O) groups excluding carboxylic acids is 1. The van der Waals surface area contributed by atoms with Crippen molar-refractivity contribution in [1.82, 2.24) is 5.32 Å². The van der Waals surface area contributed by atoms with Crippen molar-refractivity contribution in [3.8, 4) is 11.8 Å². The summed E-state index contributed by atoms with van der Waals surface area (Å²) in [6.45, 7) is 3.72. The minimum Gasteiger partial charge on any atom is -0.479 e. The van der Waals surface area contributed by atoms with Crippen LogP contribution in [0.15, 0.2) is 24.3 Å². The second-order valence-corrected chi connectivity index (χ2v) is 4.70. The molecule has 5 heteroatoms. The number of anilines is 1. The zero-order valence-electron chi connectivity index (χ0n) is 10.8. The van der Waals surface area contributed by atoms with Crippen molar-refractivity contribution in [2.75, 3.05) is 25.0 Å². The number of benzene rings is 1. The molecule has 2 rings (SSSR count). The van der Waals surface area contributed by atoms with Gasteiger partial charge in [0, 0.05) is 12.2 Å². The molecule has 1 aromatic rings. The van der Waals surface area contributed by atoms with E-state index in [0.717, 1.165) is 18.8 Å². The Morgan fingerprint density at radius 3 is 2.79 bits per heavy atom. The molecule has 0 radical (unpaired) electrons. The molecule has 2 unspecified atom stereocenters. The standard InChI is InChI=1S/C14H17N3O2/c1-10-8-16-9-13(10)14(18)17-11-2-4-12(5-3-11)19-7-6-15/h2-5,10,13,16H,7-9H2,1H3,(H,17,18). The molecule has 1 fully saturated rings. The first kappa shape index (κ1) is 13.4. The minimum absolute atomic E-state index is 0.0227. The van der Waals surface area contributed by atoms with Gasteiger partial charge in [0.05, 0.1) is 5.92 Å². The van der Waals surface area contributed by atoms with E-state index in [1.54, 1.807) is 24.3 Å². The van der Waals surface area contributed by atoms with Crippen LogP contribution in [-0.4, -0.2) is 25.6 Å². The van der Waals surface area contributed by atoms with Gasteiger partial charge in [0.2, 0.25) is 5.91 Å². The second kappa shape index (κ2) is 6.21. The van der Waals surface area contributed by atoms with Crippen LogP contribution in [0, 0.1) is 23.2 Å². The summed E-state index contributed by atoms with van der Waals surface area (Å²) in [5, 5.41) is 14.5. The summed E-state index contributed by atoms with van der Waals surface area (Å²) in [5.41, 5.74) is 0.744. The molecule has 1 heterocycles. The molecule has 0 bridgehead atoms. The highest BCUT2D eigenvalue weighted by atomic mass is 16.5. The quantitative estimate of drug-likeness (QED) is 0.856. The summed E-state index contributed by atoms with van der Waals surface area (Å²) >= 11 is 0. The number of nitrogens with one attached hydrogen (secondary N) is 2. The van der Waals surface area contributed by atoms with Crippen LogP contribution in [0.4, 0.5) is 5.69 Å². The maximum Gasteiger partial charge on any atom is 0.229 e. The van der Waals surface area contributed by atoms with E-state index in [9.17, 15) is 4.79 Å². The van der Waals surface area contributed by atoms with Gasteiger partial charge in [-0.25, -0.2) is 0 Å². The average molecular weight is 259 g/mol. The average Bonchev–Trinajstić information content (AvgIpc) is 2.84. The predicted octanol–water partition coefficient (Wildman–Crippen LogP) is 1.38. The van der Waals surface area contributed by atoms with Gasteiger partial charge in [0.1, 0.15) is 11.8 Å². The minimum atomic E-state index is 0.0227. The van der Waals surface area contributed by atoms with Crippen LogP contribution in [0.25, 0.3) is 0 Å². The van der Waals surface area contributed by atoms with E-state index < -0.39 is 0 Å². The molecule has 1 aliphatic heterocycles. The highest BCUT2D eigenvalue weighted by molar-refractivity contribution is 5.93. The van der Waals surface area contributed by atoms with E-state index in [-0.39, 0.29) is 18.4 Å². The van der Waals surface area contributed by atoms with Gasteiger partial charge in [-0.3, -0.25) is 4.79 Å². The van der Waals surface area contributed by atoms with E-state index in [2.05, 4.69) is 17.6 Å². The van der Waals surface area contributed by atoms with E-state index in [0.29, 0.717) is 11.7 Å². The topological polar surface area (TPSA) is 74.2 Å². The molecule has 0 aromatic heterocycles. The van der Waals surface area contributed by atoms with Gasteiger partial charge in [-0.2, -0.15) is 5.26 Å². The van der Waals surface area contributed by atoms with Crippen molar-refractivity contribution < 1.29 is 9.53 Å². The van der Waals surface area contributed by atoms with Crippen molar-refractivity contribution in [1.29, 1.82) is 5.26 Å². The van der Waals surface area contributed by atoms with Crippen molar-refractivity contribution >= 4 is 11.6 Å². The Balaban J connectivity index is 1.92. The monoisotopic (exact) mass is 259 g/mol. The van der Waals surface area contributed by atoms with Gasteiger partial charge in [0.15, 0.2) is 6.61 Å². The number of nitriles is 1. The highest BCUT2D eigenvalue weighted by Gasteiger charge is 2.29. The molecular formula is C14H17N3O2. The van der Waals surface area contributed by atoms with Crippen molar-refractivity contribution in [3.05, 3.63) is 24.3 Å². The van der Waals surface area contributed by atoms with Gasteiger partial charge >= 0.3 is 0 Å². The fourth-order valence-corrected chi connectivity index (χ4v) is 2.15. The predicted molar refractivity (Wildman–Crippen MR) is 71.7 cm³/mol. The summed E-state index contributed by atoms with van der Waals surface area (Å²) in [4.78, 5) is 12.1. The van der Waals surface area contributed by atoms with Gasteiger partial charge in [-0.05, 0) is 36.7 Å². The molecule has 1 saturated heterocycles. The first-order chi connectivity index (χ1) is 9.20. The summed E-state index contributed by atoms with van der Waals surface area (Å²) in [6, 6.07) is 8.94. The van der Waals surface area contributed by atoms with Crippen LogP contribution >= 0.6 is 0 Å². The fraction of sp³-hybridized carbons (Fsp3) is 0.429. The summed E-state index contributed by atoms with van der Waals surface area (Å²) in [5.74, 6) is 1.05. The number of hydrogen-bond donors (Lipinski definition) is 2. The Bertz CT molecular complexity index is 478. The molecule has 19 heavy (non-hydrogen) atoms. The number of ether oxygens (including phenoxy) is 1. The summed E-state index contributed by atoms with van der Waals surface area (Å²) in [7, 11) is 0. The Kier molecular flexibility index (Phi) is 4.37. The zero-order chi connectivity index (χ0) is 13.7. The Morgan fingerprint density at radius 1 is 1.47 bits per heavy atom. The van der Waals surface area contributed by atoms with E-state index in [4.69, 9.17) is 10.00 Å². The maximum atomic E-state index is 12.1. The maximum absolute atomic E-state index is 12.1. The molecule has 0 spiro atoms. The third kappa shape index (κ3) is 3.46. The molecule has 1 amide bonds. The smallest absolute Gasteiger partial charge is 0.229 e. The first-order valence-corrected chi connectivity index (χ1v) is 6.32. The third-order valence-electron chi connectivity index (χ3n) is 3.28. The van der Waals surface area contributed by atoms with Crippen LogP contribution in [0.3, 0.4) is 0 Å². The lowest BCUT2D eigenvalue weighted by atomic mass is 9.97. The van der Waals surface area contributed by atoms with Gasteiger partial charge in [0.25, 0.3) is 0 Å². The molecule has 2 atom stereocenters. The van der Waals surface area contributed by atoms with Crippen LogP contribution in [-0.2, 0) is 4.79 Å². The Morgan fingerprint density at radius 2 is 2.21 bits per heavy atom. The van der Waals surface area contributed by atoms with E-state index in [1.165, 1.54) is 0 Å². The number of rotatable bonds is 4. The molecule has 0 saturated carbocycles. The number of amides is 1. The molecule has 1 aromatic carbocycles. The molecule has 0 aliphatic carbocycles. The van der Waals surface area contributed by atoms with Crippen LogP contribution in [0.5, 0.6) is 5.75 Å². The molecule has 1 aliphatic rings. The lowest BCUT2D eigenvalue weighted by Crippen LogP contribution is -2.27. The molecular weight excluding hydrogens is 242 g/mol. The number of nitrogens with zero attached hydrogens (tertiary/aromatic N) is 1. The normalized spacial score (nSPS) is 21.7. The molecule has 100 valence electrons. The summed E-state index contributed by atoms with van der Waals surface area (Å²) < 4.78 is 5.15. The third-order valence-corrected chi connectivity index (χ3v) is 3.28. The van der Waals surface area contributed by atoms with E-state index in [1.807, 2.05) is 6.07 Å². The lowest BCUT2D eigenvalue weighted by molar-refractivity contribution is -0.120. The Labute approximate surface area is 112 Å². The summed E-state index contributed by atoms with van der Waals surface area (Å²) in [6.07, 6.45) is 0. The van der Waals surface area contributed by atoms with Gasteiger partial charge in [-0.15, -0.1) is 0 Å². The van der Waals surface area contributed by atoms with Gasteiger partial charge in [-0.1, -0.05) is 6.92 Å². The number of carbonyl (C=O) groups is 1. The molecule has 2 N–H and O–H groups in total. The van der Waals surface area contributed by atoms with Crippen LogP contribution in [0.2, 0.25) is 0 Å². The fourth-order valence-electron chi connectivity index (χ4n) is 2.15. The zero-order valence-corrected chi connectivity index (χ0v) is 10.8. The largest absolute Gasteiger partial charge is 0.479 e.